The number of aliphatic hydroxyl groups excluding tert-OH is 1. The van der Waals surface area contributed by atoms with Crippen molar-refractivity contribution >= 4 is 11.6 Å². The van der Waals surface area contributed by atoms with Gasteiger partial charge in [-0.15, -0.1) is 0 Å². The van der Waals surface area contributed by atoms with Gasteiger partial charge in [0, 0.05) is 11.3 Å². The standard InChI is InChI=1S/C11H16N2O2/c1-7(12)11(15)13-10-6-4-3-5-9(10)8(2)14/h3-8,14H,12H2,1-2H3,(H,13,15)/t7-,8?/m0/s1. The lowest BCUT2D eigenvalue weighted by Crippen LogP contribution is -2.32. The molecule has 0 bridgehead atoms. The van der Waals surface area contributed by atoms with Gasteiger partial charge in [0.2, 0.25) is 5.91 Å². The molecule has 1 rings (SSSR count). The van der Waals surface area contributed by atoms with Gasteiger partial charge in [-0.2, -0.15) is 0 Å². The number of para-hydroxylation sites is 1. The molecule has 1 unspecified atom stereocenters. The molecule has 4 heteroatoms. The molecule has 2 atom stereocenters. The van der Waals surface area contributed by atoms with Crippen LogP contribution in [0.5, 0.6) is 0 Å². The van der Waals surface area contributed by atoms with E-state index >= 15 is 0 Å². The fourth-order valence-corrected chi connectivity index (χ4v) is 1.22. The number of rotatable bonds is 3. The molecule has 0 aliphatic heterocycles. The Balaban J connectivity index is 2.89. The summed E-state index contributed by atoms with van der Waals surface area (Å²) in [5.74, 6) is -0.261. The minimum atomic E-state index is -0.616. The number of amides is 1. The number of nitrogens with one attached hydrogen (secondary N) is 1. The molecular formula is C11H16N2O2. The van der Waals surface area contributed by atoms with Crippen LogP contribution in [0.3, 0.4) is 0 Å². The van der Waals surface area contributed by atoms with Crippen LogP contribution in [-0.4, -0.2) is 17.1 Å². The summed E-state index contributed by atoms with van der Waals surface area (Å²) in [7, 11) is 0. The molecule has 4 N–H and O–H groups in total. The van der Waals surface area contributed by atoms with Crippen molar-refractivity contribution in [2.45, 2.75) is 26.0 Å². The minimum absolute atomic E-state index is 0.261. The van der Waals surface area contributed by atoms with E-state index in [4.69, 9.17) is 5.73 Å². The van der Waals surface area contributed by atoms with Gasteiger partial charge in [0.05, 0.1) is 12.1 Å². The van der Waals surface area contributed by atoms with Crippen LogP contribution in [0.2, 0.25) is 0 Å². The van der Waals surface area contributed by atoms with Crippen molar-refractivity contribution in [3.63, 3.8) is 0 Å². The van der Waals surface area contributed by atoms with E-state index in [1.54, 1.807) is 32.0 Å². The Labute approximate surface area is 89.1 Å². The summed E-state index contributed by atoms with van der Waals surface area (Å²) in [6.45, 7) is 3.26. The van der Waals surface area contributed by atoms with Crippen LogP contribution in [0.1, 0.15) is 25.5 Å². The predicted octanol–water partition coefficient (Wildman–Crippen LogP) is 1.03. The number of benzene rings is 1. The van der Waals surface area contributed by atoms with Crippen LogP contribution in [-0.2, 0) is 4.79 Å². The number of hydrogen-bond acceptors (Lipinski definition) is 3. The van der Waals surface area contributed by atoms with E-state index < -0.39 is 12.1 Å². The van der Waals surface area contributed by atoms with E-state index in [1.807, 2.05) is 6.07 Å². The van der Waals surface area contributed by atoms with E-state index in [0.29, 0.717) is 11.3 Å². The molecule has 82 valence electrons. The van der Waals surface area contributed by atoms with Gasteiger partial charge in [0.1, 0.15) is 0 Å². The average Bonchev–Trinajstić information content (AvgIpc) is 2.18. The summed E-state index contributed by atoms with van der Waals surface area (Å²) in [6.07, 6.45) is -0.616. The van der Waals surface area contributed by atoms with Crippen molar-refractivity contribution in [2.75, 3.05) is 5.32 Å². The molecule has 0 saturated heterocycles. The van der Waals surface area contributed by atoms with E-state index in [9.17, 15) is 9.90 Å². The zero-order valence-electron chi connectivity index (χ0n) is 8.90. The molecule has 0 radical (unpaired) electrons. The van der Waals surface area contributed by atoms with E-state index in [2.05, 4.69) is 5.32 Å². The molecule has 15 heavy (non-hydrogen) atoms. The first-order chi connectivity index (χ1) is 7.02. The molecule has 0 aromatic heterocycles. The highest BCUT2D eigenvalue weighted by atomic mass is 16.3. The first-order valence-electron chi connectivity index (χ1n) is 4.86. The summed E-state index contributed by atoms with van der Waals surface area (Å²) in [5, 5.41) is 12.1. The second-order valence-electron chi connectivity index (χ2n) is 3.54. The van der Waals surface area contributed by atoms with Crippen LogP contribution < -0.4 is 11.1 Å². The Morgan fingerprint density at radius 1 is 1.40 bits per heavy atom. The highest BCUT2D eigenvalue weighted by molar-refractivity contribution is 5.95. The molecule has 0 fully saturated rings. The van der Waals surface area contributed by atoms with Crippen molar-refractivity contribution in [3.8, 4) is 0 Å². The van der Waals surface area contributed by atoms with Gasteiger partial charge in [0.15, 0.2) is 0 Å². The normalized spacial score (nSPS) is 14.4. The first kappa shape index (κ1) is 11.7. The van der Waals surface area contributed by atoms with E-state index in [1.165, 1.54) is 0 Å². The summed E-state index contributed by atoms with van der Waals surface area (Å²) in [6, 6.07) is 6.54. The van der Waals surface area contributed by atoms with Crippen molar-refractivity contribution in [1.29, 1.82) is 0 Å². The number of nitrogens with two attached hydrogens (primary N) is 1. The fourth-order valence-electron chi connectivity index (χ4n) is 1.22. The van der Waals surface area contributed by atoms with Gasteiger partial charge in [-0.05, 0) is 19.9 Å². The number of carbonyl (C=O) groups excluding carboxylic acids is 1. The zero-order valence-corrected chi connectivity index (χ0v) is 8.90. The quantitative estimate of drug-likeness (QED) is 0.694. The van der Waals surface area contributed by atoms with Crippen molar-refractivity contribution < 1.29 is 9.90 Å². The molecular weight excluding hydrogens is 192 g/mol. The highest BCUT2D eigenvalue weighted by Crippen LogP contribution is 2.22. The smallest absolute Gasteiger partial charge is 0.241 e. The van der Waals surface area contributed by atoms with Crippen LogP contribution in [0.25, 0.3) is 0 Å². The monoisotopic (exact) mass is 208 g/mol. The maximum atomic E-state index is 11.4. The molecule has 0 heterocycles. The van der Waals surface area contributed by atoms with E-state index in [-0.39, 0.29) is 5.91 Å². The second kappa shape index (κ2) is 4.91. The maximum Gasteiger partial charge on any atom is 0.241 e. The maximum absolute atomic E-state index is 11.4. The zero-order chi connectivity index (χ0) is 11.4. The first-order valence-corrected chi connectivity index (χ1v) is 4.86. The lowest BCUT2D eigenvalue weighted by atomic mass is 10.1. The highest BCUT2D eigenvalue weighted by Gasteiger charge is 2.12. The molecule has 0 saturated carbocycles. The van der Waals surface area contributed by atoms with Crippen molar-refractivity contribution in [3.05, 3.63) is 29.8 Å². The van der Waals surface area contributed by atoms with Gasteiger partial charge in [-0.3, -0.25) is 4.79 Å². The van der Waals surface area contributed by atoms with Crippen molar-refractivity contribution in [1.82, 2.24) is 0 Å². The van der Waals surface area contributed by atoms with Gasteiger partial charge < -0.3 is 16.2 Å². The fraction of sp³-hybridized carbons (Fsp3) is 0.364. The molecule has 0 spiro atoms. The largest absolute Gasteiger partial charge is 0.389 e. The van der Waals surface area contributed by atoms with E-state index in [0.717, 1.165) is 0 Å². The number of carbonyl (C=O) groups is 1. The molecule has 1 aromatic carbocycles. The SMILES string of the molecule is CC(O)c1ccccc1NC(=O)[C@H](C)N. The van der Waals surface area contributed by atoms with Crippen molar-refractivity contribution in [2.24, 2.45) is 5.73 Å². The Kier molecular flexibility index (Phi) is 3.82. The number of anilines is 1. The summed E-state index contributed by atoms with van der Waals surface area (Å²) in [4.78, 5) is 11.4. The van der Waals surface area contributed by atoms with Crippen LogP contribution in [0, 0.1) is 0 Å². The Bertz CT molecular complexity index is 348. The Morgan fingerprint density at radius 2 is 2.00 bits per heavy atom. The average molecular weight is 208 g/mol. The third-order valence-electron chi connectivity index (χ3n) is 2.08. The van der Waals surface area contributed by atoms with Gasteiger partial charge in [-0.25, -0.2) is 0 Å². The topological polar surface area (TPSA) is 75.3 Å². The lowest BCUT2D eigenvalue weighted by molar-refractivity contribution is -0.117. The number of hydrogen-bond donors (Lipinski definition) is 3. The second-order valence-corrected chi connectivity index (χ2v) is 3.54. The van der Waals surface area contributed by atoms with Gasteiger partial charge in [0.25, 0.3) is 0 Å². The summed E-state index contributed by atoms with van der Waals surface area (Å²) >= 11 is 0. The van der Waals surface area contributed by atoms with Crippen LogP contribution in [0.4, 0.5) is 5.69 Å². The molecule has 0 aliphatic carbocycles. The Hall–Kier alpha value is -1.39. The summed E-state index contributed by atoms with van der Waals surface area (Å²) < 4.78 is 0. The molecule has 1 aromatic rings. The third kappa shape index (κ3) is 3.04. The summed E-state index contributed by atoms with van der Waals surface area (Å²) in [5.41, 5.74) is 6.73. The van der Waals surface area contributed by atoms with Crippen LogP contribution >= 0.6 is 0 Å². The molecule has 0 aliphatic rings. The van der Waals surface area contributed by atoms with Crippen LogP contribution in [0.15, 0.2) is 24.3 Å². The molecule has 1 amide bonds. The number of aliphatic hydroxyl groups is 1. The Morgan fingerprint density at radius 3 is 2.53 bits per heavy atom. The lowest BCUT2D eigenvalue weighted by Gasteiger charge is -2.14. The predicted molar refractivity (Wildman–Crippen MR) is 59.4 cm³/mol. The van der Waals surface area contributed by atoms with Gasteiger partial charge >= 0.3 is 0 Å². The third-order valence-corrected chi connectivity index (χ3v) is 2.08. The van der Waals surface area contributed by atoms with Gasteiger partial charge in [-0.1, -0.05) is 18.2 Å². The minimum Gasteiger partial charge on any atom is -0.389 e. The molecule has 4 nitrogen and oxygen atoms in total.